The molecule has 1 saturated heterocycles. The van der Waals surface area contributed by atoms with Crippen LogP contribution in [0.4, 0.5) is 11.4 Å². The van der Waals surface area contributed by atoms with E-state index in [4.69, 9.17) is 22.1 Å². The lowest BCUT2D eigenvalue weighted by atomic mass is 9.75. The summed E-state index contributed by atoms with van der Waals surface area (Å²) in [6, 6.07) is 14.1. The van der Waals surface area contributed by atoms with Crippen LogP contribution in [-0.2, 0) is 9.53 Å². The van der Waals surface area contributed by atoms with Gasteiger partial charge in [0.25, 0.3) is 5.91 Å². The molecule has 1 spiro atoms. The summed E-state index contributed by atoms with van der Waals surface area (Å²) in [6.07, 6.45) is 2.41. The lowest BCUT2D eigenvalue weighted by molar-refractivity contribution is -0.124. The first-order valence-corrected chi connectivity index (χ1v) is 10.1. The summed E-state index contributed by atoms with van der Waals surface area (Å²) in [6.45, 7) is 0. The van der Waals surface area contributed by atoms with Crippen LogP contribution in [0.2, 0.25) is 0 Å². The molecule has 2 fully saturated rings. The molecule has 1 aliphatic carbocycles. The number of hydrogen-bond donors (Lipinski definition) is 1. The average molecular weight is 423 g/mol. The van der Waals surface area contributed by atoms with Gasteiger partial charge in [-0.3, -0.25) is 9.69 Å². The van der Waals surface area contributed by atoms with Gasteiger partial charge in [-0.15, -0.1) is 12.6 Å². The number of amides is 1. The Hall–Kier alpha value is -3.18. The van der Waals surface area contributed by atoms with Crippen molar-refractivity contribution in [3.63, 3.8) is 0 Å². The zero-order chi connectivity index (χ0) is 21.5. The van der Waals surface area contributed by atoms with Crippen LogP contribution in [0.15, 0.2) is 42.5 Å². The third-order valence-corrected chi connectivity index (χ3v) is 6.33. The van der Waals surface area contributed by atoms with Crippen molar-refractivity contribution in [3.05, 3.63) is 53.6 Å². The minimum Gasteiger partial charge on any atom is -0.495 e. The normalized spacial score (nSPS) is 19.4. The van der Waals surface area contributed by atoms with Crippen molar-refractivity contribution in [1.82, 2.24) is 0 Å². The number of nitrogens with zero attached hydrogens (tertiary/aromatic N) is 3. The Morgan fingerprint density at radius 1 is 1.17 bits per heavy atom. The van der Waals surface area contributed by atoms with E-state index in [0.29, 0.717) is 22.6 Å². The molecule has 1 amide bonds. The molecule has 1 atom stereocenters. The van der Waals surface area contributed by atoms with Crippen LogP contribution >= 0.6 is 12.6 Å². The molecule has 0 aromatic heterocycles. The minimum atomic E-state index is -0.666. The molecule has 1 heterocycles. The number of hydrogen-bond acceptors (Lipinski definition) is 7. The van der Waals surface area contributed by atoms with E-state index in [0.717, 1.165) is 24.9 Å². The number of methoxy groups -OCH3 is 2. The third-order valence-electron chi connectivity index (χ3n) is 5.87. The van der Waals surface area contributed by atoms with Gasteiger partial charge in [0, 0.05) is 11.8 Å². The van der Waals surface area contributed by atoms with E-state index in [9.17, 15) is 14.9 Å². The van der Waals surface area contributed by atoms with Gasteiger partial charge >= 0.3 is 5.97 Å². The number of rotatable bonds is 4. The number of nitriles is 1. The van der Waals surface area contributed by atoms with Crippen LogP contribution in [0, 0.1) is 11.3 Å². The Labute approximate surface area is 180 Å². The van der Waals surface area contributed by atoms with Crippen molar-refractivity contribution in [1.29, 1.82) is 5.26 Å². The first kappa shape index (κ1) is 20.1. The Morgan fingerprint density at radius 2 is 1.83 bits per heavy atom. The molecule has 2 aromatic carbocycles. The number of anilines is 2. The van der Waals surface area contributed by atoms with Crippen molar-refractivity contribution >= 4 is 35.9 Å². The molecule has 7 nitrogen and oxygen atoms in total. The van der Waals surface area contributed by atoms with Gasteiger partial charge in [-0.1, -0.05) is 0 Å². The van der Waals surface area contributed by atoms with Crippen LogP contribution in [0.25, 0.3) is 0 Å². The summed E-state index contributed by atoms with van der Waals surface area (Å²) in [5.74, 6) is -0.0319. The quantitative estimate of drug-likeness (QED) is 0.600. The van der Waals surface area contributed by atoms with Crippen molar-refractivity contribution in [2.45, 2.75) is 30.3 Å². The lowest BCUT2D eigenvalue weighted by Crippen LogP contribution is -2.55. The molecule has 0 N–H and O–H groups in total. The summed E-state index contributed by atoms with van der Waals surface area (Å²) >= 11 is 4.80. The van der Waals surface area contributed by atoms with Crippen LogP contribution in [0.1, 0.15) is 35.2 Å². The Morgan fingerprint density at radius 3 is 2.37 bits per heavy atom. The van der Waals surface area contributed by atoms with Crippen molar-refractivity contribution < 1.29 is 19.1 Å². The van der Waals surface area contributed by atoms with Gasteiger partial charge in [-0.05, 0) is 55.7 Å². The van der Waals surface area contributed by atoms with Crippen LogP contribution in [0.3, 0.4) is 0 Å². The maximum Gasteiger partial charge on any atom is 0.337 e. The maximum absolute atomic E-state index is 13.5. The molecule has 2 aromatic rings. The number of esters is 1. The highest BCUT2D eigenvalue weighted by molar-refractivity contribution is 7.81. The fourth-order valence-corrected chi connectivity index (χ4v) is 4.76. The van der Waals surface area contributed by atoms with E-state index in [1.807, 2.05) is 17.0 Å². The largest absolute Gasteiger partial charge is 0.495 e. The second kappa shape index (κ2) is 7.58. The standard InChI is InChI=1S/C22H21N3O4S/c1-28-18-12-17(9-6-15(18)13-23)24-20(27)22(10-3-11-22)25(21(24)30)16-7-4-14(5-8-16)19(26)29-2/h4-9,12,21,30H,3,10-11H2,1-2H3. The Bertz CT molecular complexity index is 1040. The highest BCUT2D eigenvalue weighted by Gasteiger charge is 2.60. The van der Waals surface area contributed by atoms with Gasteiger partial charge in [-0.25, -0.2) is 4.79 Å². The molecular formula is C22H21N3O4S. The molecule has 2 aliphatic rings. The predicted molar refractivity (Wildman–Crippen MR) is 115 cm³/mol. The van der Waals surface area contributed by atoms with Gasteiger partial charge in [0.15, 0.2) is 5.50 Å². The molecule has 1 aliphatic heterocycles. The monoisotopic (exact) mass is 423 g/mol. The molecule has 0 radical (unpaired) electrons. The topological polar surface area (TPSA) is 82.9 Å². The molecule has 1 saturated carbocycles. The van der Waals surface area contributed by atoms with Crippen LogP contribution in [-0.4, -0.2) is 37.1 Å². The highest BCUT2D eigenvalue weighted by atomic mass is 32.1. The zero-order valence-electron chi connectivity index (χ0n) is 16.7. The fraction of sp³-hybridized carbons (Fsp3) is 0.318. The van der Waals surface area contributed by atoms with E-state index < -0.39 is 17.0 Å². The fourth-order valence-electron chi connectivity index (χ4n) is 4.16. The molecule has 0 bridgehead atoms. The predicted octanol–water partition coefficient (Wildman–Crippen LogP) is 3.34. The molecule has 1 unspecified atom stereocenters. The van der Waals surface area contributed by atoms with Crippen molar-refractivity contribution in [2.75, 3.05) is 24.0 Å². The summed E-state index contributed by atoms with van der Waals surface area (Å²) in [7, 11) is 2.83. The second-order valence-corrected chi connectivity index (χ2v) is 7.77. The van der Waals surface area contributed by atoms with E-state index in [-0.39, 0.29) is 5.91 Å². The summed E-state index contributed by atoms with van der Waals surface area (Å²) in [5.41, 5.74) is 1.06. The summed E-state index contributed by atoms with van der Waals surface area (Å²) in [4.78, 5) is 28.9. The lowest BCUT2D eigenvalue weighted by Gasteiger charge is -2.44. The number of carbonyl (C=O) groups excluding carboxylic acids is 2. The number of ether oxygens (including phenoxy) is 2. The SMILES string of the molecule is COC(=O)c1ccc(N2C(S)N(c3ccc(C#N)c(OC)c3)C(=O)C23CCC3)cc1. The molecule has 4 rings (SSSR count). The van der Waals surface area contributed by atoms with E-state index in [1.165, 1.54) is 14.2 Å². The zero-order valence-corrected chi connectivity index (χ0v) is 17.6. The Balaban J connectivity index is 1.74. The molecule has 154 valence electrons. The molecule has 30 heavy (non-hydrogen) atoms. The molecule has 8 heteroatoms. The van der Waals surface area contributed by atoms with E-state index >= 15 is 0 Å². The molecular weight excluding hydrogens is 402 g/mol. The van der Waals surface area contributed by atoms with Gasteiger partial charge < -0.3 is 14.4 Å². The summed E-state index contributed by atoms with van der Waals surface area (Å²) in [5, 5.41) is 9.24. The van der Waals surface area contributed by atoms with Gasteiger partial charge in [0.2, 0.25) is 0 Å². The highest BCUT2D eigenvalue weighted by Crippen LogP contribution is 2.50. The first-order valence-electron chi connectivity index (χ1n) is 9.54. The average Bonchev–Trinajstić information content (AvgIpc) is 2.99. The smallest absolute Gasteiger partial charge is 0.337 e. The van der Waals surface area contributed by atoms with Gasteiger partial charge in [0.05, 0.1) is 31.0 Å². The second-order valence-electron chi connectivity index (χ2n) is 7.31. The van der Waals surface area contributed by atoms with E-state index in [2.05, 4.69) is 6.07 Å². The maximum atomic E-state index is 13.5. The Kier molecular flexibility index (Phi) is 5.08. The number of thiol groups is 1. The third kappa shape index (κ3) is 2.89. The first-order chi connectivity index (χ1) is 14.5. The minimum absolute atomic E-state index is 0.0300. The van der Waals surface area contributed by atoms with Gasteiger partial charge in [0.1, 0.15) is 17.4 Å². The summed E-state index contributed by atoms with van der Waals surface area (Å²) < 4.78 is 10.1. The van der Waals surface area contributed by atoms with Crippen molar-refractivity contribution in [3.8, 4) is 11.8 Å². The van der Waals surface area contributed by atoms with Crippen LogP contribution in [0.5, 0.6) is 5.75 Å². The number of benzene rings is 2. The van der Waals surface area contributed by atoms with E-state index in [1.54, 1.807) is 35.2 Å². The van der Waals surface area contributed by atoms with Crippen LogP contribution < -0.4 is 14.5 Å². The number of carbonyl (C=O) groups is 2. The van der Waals surface area contributed by atoms with Crippen molar-refractivity contribution in [2.24, 2.45) is 0 Å². The van der Waals surface area contributed by atoms with Gasteiger partial charge in [-0.2, -0.15) is 5.26 Å².